The average molecular weight is 470 g/mol. The zero-order valence-electron chi connectivity index (χ0n) is 19.1. The molecule has 176 valence electrons. The number of fused-ring (bicyclic) bond motifs is 5. The molecule has 1 aromatic rings. The second-order valence-electron chi connectivity index (χ2n) is 10.2. The molecule has 0 spiro atoms. The Morgan fingerprint density at radius 3 is 2.58 bits per heavy atom. The molecule has 5 rings (SSSR count). The van der Waals surface area contributed by atoms with E-state index in [1.807, 2.05) is 12.1 Å². The van der Waals surface area contributed by atoms with Crippen molar-refractivity contribution in [3.8, 4) is 5.75 Å². The topological polar surface area (TPSA) is 140 Å². The zero-order chi connectivity index (χ0) is 22.8. The Morgan fingerprint density at radius 2 is 1.85 bits per heavy atom. The number of benzene rings is 1. The van der Waals surface area contributed by atoms with Crippen molar-refractivity contribution >= 4 is 5.97 Å². The molecule has 0 bridgehead atoms. The van der Waals surface area contributed by atoms with E-state index in [1.54, 1.807) is 6.07 Å². The van der Waals surface area contributed by atoms with Gasteiger partial charge in [0.05, 0.1) is 12.1 Å². The molecule has 1 saturated heterocycles. The molecule has 1 aromatic carbocycles. The molecular weight excluding hydrogens is 439 g/mol. The van der Waals surface area contributed by atoms with E-state index in [2.05, 4.69) is 6.92 Å². The van der Waals surface area contributed by atoms with Gasteiger partial charge >= 0.3 is 29.6 Å². The molecule has 4 unspecified atom stereocenters. The summed E-state index contributed by atoms with van der Waals surface area (Å²) in [6, 6.07) is 5.71. The number of aliphatic carboxylic acids is 1. The predicted molar refractivity (Wildman–Crippen MR) is 109 cm³/mol. The van der Waals surface area contributed by atoms with Gasteiger partial charge < -0.3 is 39.8 Å². The fourth-order valence-corrected chi connectivity index (χ4v) is 6.88. The van der Waals surface area contributed by atoms with Crippen LogP contribution in [0.1, 0.15) is 56.1 Å². The Balaban J connectivity index is 0.00000259. The molecular formula is C24H31NaO8. The van der Waals surface area contributed by atoms with Gasteiger partial charge in [0.15, 0.2) is 0 Å². The van der Waals surface area contributed by atoms with E-state index in [0.29, 0.717) is 23.5 Å². The summed E-state index contributed by atoms with van der Waals surface area (Å²) in [5, 5.41) is 51.7. The summed E-state index contributed by atoms with van der Waals surface area (Å²) < 4.78 is 10.9. The van der Waals surface area contributed by atoms with Crippen LogP contribution in [-0.2, 0) is 16.0 Å². The van der Waals surface area contributed by atoms with Crippen LogP contribution in [0.4, 0.5) is 0 Å². The summed E-state index contributed by atoms with van der Waals surface area (Å²) >= 11 is 0. The Hall–Kier alpha value is -0.710. The molecule has 3 fully saturated rings. The van der Waals surface area contributed by atoms with Crippen LogP contribution in [0.3, 0.4) is 0 Å². The third-order valence-electron chi connectivity index (χ3n) is 8.70. The summed E-state index contributed by atoms with van der Waals surface area (Å²) in [4.78, 5) is 11.2. The molecule has 2 saturated carbocycles. The van der Waals surface area contributed by atoms with E-state index in [-0.39, 0.29) is 41.1 Å². The minimum absolute atomic E-state index is 0. The summed E-state index contributed by atoms with van der Waals surface area (Å²) in [5.41, 5.74) is 2.48. The standard InChI is InChI=1S/C24H32O8.Na/c1-24-9-8-14-13-5-3-12(10-11(13)2-4-15(14)16(24)6-7-17(24)25)31-23-20(28)18(26)19(27)21(32-23)22(29)30;/h3,5,10,14-21,23,25-28H,2,4,6-9H2,1H3,(H,29,30);/q;+1/p-1/t14?,15?,16?,17-,18-,19-,20+,21-,23?,24-;/m0./s1. The van der Waals surface area contributed by atoms with Gasteiger partial charge in [0.1, 0.15) is 30.2 Å². The van der Waals surface area contributed by atoms with Gasteiger partial charge in [-0.05, 0) is 85.0 Å². The normalized spacial score (nSPS) is 44.1. The molecule has 1 aliphatic heterocycles. The van der Waals surface area contributed by atoms with Crippen LogP contribution < -0.4 is 39.4 Å². The smallest absolute Gasteiger partial charge is 0.547 e. The van der Waals surface area contributed by atoms with Crippen LogP contribution in [0.2, 0.25) is 0 Å². The van der Waals surface area contributed by atoms with Gasteiger partial charge in [-0.3, -0.25) is 0 Å². The maximum Gasteiger partial charge on any atom is 1.00 e. The van der Waals surface area contributed by atoms with Crippen molar-refractivity contribution in [2.75, 3.05) is 0 Å². The van der Waals surface area contributed by atoms with Crippen molar-refractivity contribution in [2.24, 2.45) is 17.3 Å². The van der Waals surface area contributed by atoms with Crippen LogP contribution in [-0.4, -0.2) is 63.2 Å². The Kier molecular flexibility index (Phi) is 7.22. The number of carbonyl (C=O) groups is 1. The van der Waals surface area contributed by atoms with Gasteiger partial charge in [-0.15, -0.1) is 0 Å². The number of aliphatic hydroxyl groups is 4. The van der Waals surface area contributed by atoms with E-state index >= 15 is 0 Å². The van der Waals surface area contributed by atoms with Crippen molar-refractivity contribution in [3.63, 3.8) is 0 Å². The molecule has 0 aromatic heterocycles. The number of hydrogen-bond acceptors (Lipinski definition) is 8. The number of carboxylic acids is 1. The SMILES string of the molecule is C[C@]12CCC3c4ccc(OC5O[C@H](C(=O)[O-])[C@@H](O)[C@H](O)[C@H]5O)cc4CCC3C1CC[C@@H]2O.[Na+]. The van der Waals surface area contributed by atoms with Gasteiger partial charge in [0.25, 0.3) is 0 Å². The summed E-state index contributed by atoms with van der Waals surface area (Å²) in [6.07, 6.45) is -2.61. The van der Waals surface area contributed by atoms with Gasteiger partial charge in [-0.25, -0.2) is 0 Å². The van der Waals surface area contributed by atoms with Gasteiger partial charge in [0, 0.05) is 0 Å². The van der Waals surface area contributed by atoms with Crippen LogP contribution in [0, 0.1) is 17.3 Å². The van der Waals surface area contributed by atoms with Crippen LogP contribution >= 0.6 is 0 Å². The van der Waals surface area contributed by atoms with E-state index in [9.17, 15) is 30.3 Å². The number of aryl methyl sites for hydroxylation is 1. The van der Waals surface area contributed by atoms with Crippen molar-refractivity contribution in [3.05, 3.63) is 29.3 Å². The number of aliphatic hydroxyl groups excluding tert-OH is 4. The zero-order valence-corrected chi connectivity index (χ0v) is 21.1. The van der Waals surface area contributed by atoms with Gasteiger partial charge in [-0.2, -0.15) is 0 Å². The average Bonchev–Trinajstić information content (AvgIpc) is 3.08. The molecule has 0 amide bonds. The molecule has 0 radical (unpaired) electrons. The van der Waals surface area contributed by atoms with Crippen molar-refractivity contribution in [1.82, 2.24) is 0 Å². The summed E-state index contributed by atoms with van der Waals surface area (Å²) in [5.74, 6) is 0.278. The fraction of sp³-hybridized carbons (Fsp3) is 0.708. The second-order valence-corrected chi connectivity index (χ2v) is 10.2. The molecule has 4 N–H and O–H groups in total. The first-order valence-corrected chi connectivity index (χ1v) is 11.6. The Labute approximate surface area is 215 Å². The van der Waals surface area contributed by atoms with Crippen molar-refractivity contribution in [2.45, 2.75) is 88.2 Å². The Bertz CT molecular complexity index is 895. The first-order chi connectivity index (χ1) is 15.2. The van der Waals surface area contributed by atoms with Crippen LogP contribution in [0.15, 0.2) is 18.2 Å². The molecule has 8 nitrogen and oxygen atoms in total. The summed E-state index contributed by atoms with van der Waals surface area (Å²) in [6.45, 7) is 2.25. The van der Waals surface area contributed by atoms with Crippen LogP contribution in [0.5, 0.6) is 5.75 Å². The largest absolute Gasteiger partial charge is 1.00 e. The predicted octanol–water partition coefficient (Wildman–Crippen LogP) is -3.16. The van der Waals surface area contributed by atoms with Crippen molar-refractivity contribution < 1.29 is 69.4 Å². The van der Waals surface area contributed by atoms with Gasteiger partial charge in [-0.1, -0.05) is 13.0 Å². The number of ether oxygens (including phenoxy) is 2. The number of hydrogen-bond donors (Lipinski definition) is 4. The quantitative estimate of drug-likeness (QED) is 0.340. The third-order valence-corrected chi connectivity index (χ3v) is 8.70. The van der Waals surface area contributed by atoms with E-state index < -0.39 is 36.7 Å². The van der Waals surface area contributed by atoms with E-state index in [1.165, 1.54) is 5.56 Å². The summed E-state index contributed by atoms with van der Waals surface area (Å²) in [7, 11) is 0. The molecule has 33 heavy (non-hydrogen) atoms. The molecule has 3 aliphatic carbocycles. The first-order valence-electron chi connectivity index (χ1n) is 11.6. The van der Waals surface area contributed by atoms with Gasteiger partial charge in [0.2, 0.25) is 6.29 Å². The maximum absolute atomic E-state index is 11.2. The minimum atomic E-state index is -1.80. The second kappa shape index (κ2) is 9.39. The fourth-order valence-electron chi connectivity index (χ4n) is 6.88. The van der Waals surface area contributed by atoms with Crippen molar-refractivity contribution in [1.29, 1.82) is 0 Å². The number of rotatable bonds is 3. The molecule has 9 heteroatoms. The maximum atomic E-state index is 11.2. The first kappa shape index (κ1) is 25.4. The van der Waals surface area contributed by atoms with E-state index in [4.69, 9.17) is 9.47 Å². The third kappa shape index (κ3) is 4.16. The Morgan fingerprint density at radius 1 is 1.09 bits per heavy atom. The van der Waals surface area contributed by atoms with Crippen LogP contribution in [0.25, 0.3) is 0 Å². The van der Waals surface area contributed by atoms with E-state index in [0.717, 1.165) is 44.1 Å². The molecule has 4 aliphatic rings. The minimum Gasteiger partial charge on any atom is -0.547 e. The molecule has 1 heterocycles. The number of carbonyl (C=O) groups excluding carboxylic acids is 1. The number of carboxylic acid groups (broad SMARTS) is 1. The monoisotopic (exact) mass is 470 g/mol. The molecule has 10 atom stereocenters.